The van der Waals surface area contributed by atoms with Crippen LogP contribution in [0.3, 0.4) is 0 Å². The number of carbonyl (C=O) groups excluding carboxylic acids is 2. The predicted molar refractivity (Wildman–Crippen MR) is 67.8 cm³/mol. The summed E-state index contributed by atoms with van der Waals surface area (Å²) in [4.78, 5) is 25.8. The molecule has 6 heteroatoms. The third kappa shape index (κ3) is 2.78. The summed E-state index contributed by atoms with van der Waals surface area (Å²) in [7, 11) is 0. The first-order valence-corrected chi connectivity index (χ1v) is 6.37. The Morgan fingerprint density at radius 3 is 3.00 bits per heavy atom. The van der Waals surface area contributed by atoms with Crippen molar-refractivity contribution in [1.29, 1.82) is 0 Å². The first-order chi connectivity index (χ1) is 9.15. The Morgan fingerprint density at radius 1 is 1.58 bits per heavy atom. The van der Waals surface area contributed by atoms with Crippen molar-refractivity contribution in [2.75, 3.05) is 26.2 Å². The summed E-state index contributed by atoms with van der Waals surface area (Å²) < 4.78 is 10.2. The van der Waals surface area contributed by atoms with Gasteiger partial charge in [-0.05, 0) is 19.9 Å². The number of furan rings is 1. The number of esters is 1. The van der Waals surface area contributed by atoms with Gasteiger partial charge in [-0.25, -0.2) is 4.79 Å². The topological polar surface area (TPSA) is 71.8 Å². The normalized spacial score (nSPS) is 19.3. The van der Waals surface area contributed by atoms with Crippen LogP contribution in [0.2, 0.25) is 0 Å². The Labute approximate surface area is 111 Å². The van der Waals surface area contributed by atoms with Crippen molar-refractivity contribution in [3.8, 4) is 0 Å². The molecular formula is C13H18N2O4. The average Bonchev–Trinajstić information content (AvgIpc) is 2.84. The van der Waals surface area contributed by atoms with Gasteiger partial charge in [0.15, 0.2) is 5.76 Å². The minimum absolute atomic E-state index is 0.262. The maximum absolute atomic E-state index is 12.4. The van der Waals surface area contributed by atoms with Gasteiger partial charge in [0.05, 0.1) is 12.9 Å². The van der Waals surface area contributed by atoms with E-state index in [2.05, 4.69) is 5.32 Å². The number of amides is 1. The van der Waals surface area contributed by atoms with Crippen LogP contribution < -0.4 is 5.32 Å². The van der Waals surface area contributed by atoms with E-state index in [0.717, 1.165) is 5.56 Å². The second-order valence-electron chi connectivity index (χ2n) is 4.40. The number of nitrogens with one attached hydrogen (secondary N) is 1. The van der Waals surface area contributed by atoms with Gasteiger partial charge in [-0.3, -0.25) is 4.79 Å². The summed E-state index contributed by atoms with van der Waals surface area (Å²) in [6.07, 6.45) is 1.48. The molecule has 1 aromatic heterocycles. The van der Waals surface area contributed by atoms with E-state index in [1.807, 2.05) is 0 Å². The van der Waals surface area contributed by atoms with E-state index >= 15 is 0 Å². The zero-order valence-electron chi connectivity index (χ0n) is 11.1. The zero-order valence-corrected chi connectivity index (χ0v) is 11.1. The average molecular weight is 266 g/mol. The molecule has 1 N–H and O–H groups in total. The summed E-state index contributed by atoms with van der Waals surface area (Å²) in [5.74, 6) is -0.356. The lowest BCUT2D eigenvalue weighted by Crippen LogP contribution is -2.57. The first-order valence-electron chi connectivity index (χ1n) is 6.37. The first kappa shape index (κ1) is 13.6. The van der Waals surface area contributed by atoms with Gasteiger partial charge in [-0.2, -0.15) is 0 Å². The molecule has 0 radical (unpaired) electrons. The summed E-state index contributed by atoms with van der Waals surface area (Å²) in [6, 6.07) is 1.14. The lowest BCUT2D eigenvalue weighted by molar-refractivity contribution is -0.149. The summed E-state index contributed by atoms with van der Waals surface area (Å²) in [6.45, 7) is 5.38. The van der Waals surface area contributed by atoms with Gasteiger partial charge in [0.2, 0.25) is 0 Å². The fraction of sp³-hybridized carbons (Fsp3) is 0.538. The highest BCUT2D eigenvalue weighted by atomic mass is 16.5. The number of ether oxygens (including phenoxy) is 1. The minimum atomic E-state index is -0.592. The third-order valence-corrected chi connectivity index (χ3v) is 3.12. The summed E-state index contributed by atoms with van der Waals surface area (Å²) in [5, 5.41) is 3.09. The molecule has 0 spiro atoms. The Morgan fingerprint density at radius 2 is 2.37 bits per heavy atom. The van der Waals surface area contributed by atoms with Crippen LogP contribution in [0.5, 0.6) is 0 Å². The van der Waals surface area contributed by atoms with Crippen LogP contribution in [-0.2, 0) is 9.53 Å². The van der Waals surface area contributed by atoms with Crippen molar-refractivity contribution in [2.45, 2.75) is 19.9 Å². The molecule has 2 heterocycles. The molecule has 0 saturated carbocycles. The molecule has 1 fully saturated rings. The second-order valence-corrected chi connectivity index (χ2v) is 4.40. The van der Waals surface area contributed by atoms with E-state index in [1.165, 1.54) is 11.2 Å². The van der Waals surface area contributed by atoms with Crippen molar-refractivity contribution in [1.82, 2.24) is 10.2 Å². The fourth-order valence-corrected chi connectivity index (χ4v) is 2.12. The quantitative estimate of drug-likeness (QED) is 0.810. The third-order valence-electron chi connectivity index (χ3n) is 3.12. The molecule has 1 unspecified atom stereocenters. The largest absolute Gasteiger partial charge is 0.464 e. The smallest absolute Gasteiger partial charge is 0.330 e. The van der Waals surface area contributed by atoms with E-state index in [-0.39, 0.29) is 17.6 Å². The number of nitrogens with zero attached hydrogens (tertiary/aromatic N) is 1. The molecular weight excluding hydrogens is 248 g/mol. The van der Waals surface area contributed by atoms with Gasteiger partial charge in [0.1, 0.15) is 6.04 Å². The molecule has 19 heavy (non-hydrogen) atoms. The van der Waals surface area contributed by atoms with Crippen LogP contribution in [0.25, 0.3) is 0 Å². The molecule has 0 aromatic carbocycles. The minimum Gasteiger partial charge on any atom is -0.464 e. The summed E-state index contributed by atoms with van der Waals surface area (Å²) in [5.41, 5.74) is 0.770. The zero-order chi connectivity index (χ0) is 13.8. The highest BCUT2D eigenvalue weighted by molar-refractivity contribution is 5.95. The molecule has 1 atom stereocenters. The highest BCUT2D eigenvalue weighted by Gasteiger charge is 2.35. The van der Waals surface area contributed by atoms with E-state index in [0.29, 0.717) is 26.2 Å². The van der Waals surface area contributed by atoms with Gasteiger partial charge >= 0.3 is 5.97 Å². The van der Waals surface area contributed by atoms with Gasteiger partial charge in [-0.1, -0.05) is 0 Å². The number of carbonyl (C=O) groups is 2. The Balaban J connectivity index is 2.18. The van der Waals surface area contributed by atoms with Gasteiger partial charge < -0.3 is 19.4 Å². The SMILES string of the molecule is CCOC(=O)C1CNCCN1C(=O)c1occc1C. The van der Waals surface area contributed by atoms with Crippen LogP contribution >= 0.6 is 0 Å². The molecule has 0 bridgehead atoms. The fourth-order valence-electron chi connectivity index (χ4n) is 2.12. The van der Waals surface area contributed by atoms with Crippen LogP contribution in [-0.4, -0.2) is 49.1 Å². The Hall–Kier alpha value is -1.82. The molecule has 1 aromatic rings. The second kappa shape index (κ2) is 5.88. The van der Waals surface area contributed by atoms with Crippen LogP contribution in [0.15, 0.2) is 16.7 Å². The monoisotopic (exact) mass is 266 g/mol. The number of rotatable bonds is 3. The molecule has 1 amide bonds. The molecule has 6 nitrogen and oxygen atoms in total. The number of hydrogen-bond donors (Lipinski definition) is 1. The van der Waals surface area contributed by atoms with E-state index in [9.17, 15) is 9.59 Å². The van der Waals surface area contributed by atoms with Crippen molar-refractivity contribution in [3.63, 3.8) is 0 Å². The Kier molecular flexibility index (Phi) is 4.21. The molecule has 104 valence electrons. The number of piperazine rings is 1. The summed E-state index contributed by atoms with van der Waals surface area (Å²) >= 11 is 0. The molecule has 1 saturated heterocycles. The van der Waals surface area contributed by atoms with Crippen molar-refractivity contribution < 1.29 is 18.7 Å². The highest BCUT2D eigenvalue weighted by Crippen LogP contribution is 2.16. The lowest BCUT2D eigenvalue weighted by Gasteiger charge is -2.34. The molecule has 1 aliphatic rings. The van der Waals surface area contributed by atoms with Gasteiger partial charge in [-0.15, -0.1) is 0 Å². The van der Waals surface area contributed by atoms with Gasteiger partial charge in [0, 0.05) is 25.2 Å². The van der Waals surface area contributed by atoms with Crippen molar-refractivity contribution in [2.24, 2.45) is 0 Å². The lowest BCUT2D eigenvalue weighted by atomic mass is 10.1. The van der Waals surface area contributed by atoms with Crippen molar-refractivity contribution >= 4 is 11.9 Å². The van der Waals surface area contributed by atoms with E-state index in [1.54, 1.807) is 19.9 Å². The van der Waals surface area contributed by atoms with Gasteiger partial charge in [0.25, 0.3) is 5.91 Å². The maximum atomic E-state index is 12.4. The number of aryl methyl sites for hydroxylation is 1. The number of hydrogen-bond acceptors (Lipinski definition) is 5. The van der Waals surface area contributed by atoms with Crippen LogP contribution in [0.4, 0.5) is 0 Å². The Bertz CT molecular complexity index is 469. The standard InChI is InChI=1S/C13H18N2O4/c1-3-18-13(17)10-8-14-5-6-15(10)12(16)11-9(2)4-7-19-11/h4,7,10,14H,3,5-6,8H2,1-2H3. The van der Waals surface area contributed by atoms with E-state index < -0.39 is 6.04 Å². The maximum Gasteiger partial charge on any atom is 0.330 e. The molecule has 0 aliphatic carbocycles. The molecule has 2 rings (SSSR count). The van der Waals surface area contributed by atoms with Crippen LogP contribution in [0, 0.1) is 6.92 Å². The van der Waals surface area contributed by atoms with Crippen LogP contribution in [0.1, 0.15) is 23.0 Å². The predicted octanol–water partition coefficient (Wildman–Crippen LogP) is 0.565. The molecule has 1 aliphatic heterocycles. The van der Waals surface area contributed by atoms with E-state index in [4.69, 9.17) is 9.15 Å². The van der Waals surface area contributed by atoms with Crippen molar-refractivity contribution in [3.05, 3.63) is 23.7 Å².